The second-order valence-electron chi connectivity index (χ2n) is 2.78. The number of amides is 1. The Bertz CT molecular complexity index is 379. The Morgan fingerprint density at radius 2 is 2.14 bits per heavy atom. The van der Waals surface area contributed by atoms with Crippen LogP contribution in [-0.4, -0.2) is 22.4 Å². The summed E-state index contributed by atoms with van der Waals surface area (Å²) in [5.41, 5.74) is 1.97. The molecule has 4 nitrogen and oxygen atoms in total. The van der Waals surface area contributed by atoms with Crippen LogP contribution >= 0.6 is 12.4 Å². The van der Waals surface area contributed by atoms with E-state index in [4.69, 9.17) is 5.11 Å². The lowest BCUT2D eigenvalue weighted by Gasteiger charge is -2.18. The molecule has 0 spiro atoms. The lowest BCUT2D eigenvalue weighted by atomic mass is 10.1. The number of carbonyl (C=O) groups is 1. The maximum atomic E-state index is 10.6. The molecule has 1 N–H and O–H groups in total. The van der Waals surface area contributed by atoms with Crippen LogP contribution in [0.1, 0.15) is 11.1 Å². The molecule has 0 unspecified atom stereocenters. The zero-order chi connectivity index (χ0) is 9.26. The summed E-state index contributed by atoms with van der Waals surface area (Å²) in [6.45, 7) is 0.335. The van der Waals surface area contributed by atoms with E-state index >= 15 is 0 Å². The van der Waals surface area contributed by atoms with Crippen LogP contribution in [0.25, 0.3) is 0 Å². The van der Waals surface area contributed by atoms with Crippen molar-refractivity contribution in [1.29, 1.82) is 0 Å². The van der Waals surface area contributed by atoms with E-state index in [1.165, 1.54) is 0 Å². The van der Waals surface area contributed by atoms with Gasteiger partial charge in [-0.1, -0.05) is 24.3 Å². The van der Waals surface area contributed by atoms with Crippen LogP contribution in [0.3, 0.4) is 0 Å². The van der Waals surface area contributed by atoms with E-state index in [1.807, 2.05) is 24.3 Å². The summed E-state index contributed by atoms with van der Waals surface area (Å²) >= 11 is 0. The summed E-state index contributed by atoms with van der Waals surface area (Å²) in [6.07, 6.45) is 0.540. The molecule has 0 fully saturated rings. The Labute approximate surface area is 87.3 Å². The molecule has 74 valence electrons. The molecule has 1 heterocycles. The SMILES string of the molecule is Cl.O=C(O)N1Cc2ccccc2C=N1. The normalized spacial score (nSPS) is 13.0. The average molecular weight is 213 g/mol. The number of fused-ring (bicyclic) bond motifs is 1. The van der Waals surface area contributed by atoms with E-state index in [-0.39, 0.29) is 12.4 Å². The van der Waals surface area contributed by atoms with Gasteiger partial charge in [-0.15, -0.1) is 12.4 Å². The quantitative estimate of drug-likeness (QED) is 0.715. The Morgan fingerprint density at radius 1 is 1.43 bits per heavy atom. The third-order valence-corrected chi connectivity index (χ3v) is 1.93. The summed E-state index contributed by atoms with van der Waals surface area (Å²) in [4.78, 5) is 10.6. The minimum Gasteiger partial charge on any atom is -0.464 e. The van der Waals surface area contributed by atoms with Gasteiger partial charge in [0.15, 0.2) is 0 Å². The number of halogens is 1. The van der Waals surface area contributed by atoms with Gasteiger partial charge in [-0.2, -0.15) is 10.1 Å². The average Bonchev–Trinajstić information content (AvgIpc) is 2.17. The molecule has 2 rings (SSSR count). The number of hydrogen-bond acceptors (Lipinski definition) is 2. The molecule has 0 aliphatic carbocycles. The van der Waals surface area contributed by atoms with Gasteiger partial charge in [-0.3, -0.25) is 0 Å². The second kappa shape index (κ2) is 4.11. The standard InChI is InChI=1S/C9H8N2O2.ClH/c12-9(13)11-6-8-4-2-1-3-7(8)5-10-11;/h1-5H,6H2,(H,12,13);1H. The summed E-state index contributed by atoms with van der Waals surface area (Å²) in [5, 5.41) is 13.5. The van der Waals surface area contributed by atoms with Crippen molar-refractivity contribution in [3.63, 3.8) is 0 Å². The van der Waals surface area contributed by atoms with Gasteiger partial charge >= 0.3 is 6.09 Å². The Kier molecular flexibility index (Phi) is 3.09. The molecular formula is C9H9ClN2O2. The highest BCUT2D eigenvalue weighted by Crippen LogP contribution is 2.14. The van der Waals surface area contributed by atoms with E-state index in [1.54, 1.807) is 6.21 Å². The first-order valence-corrected chi connectivity index (χ1v) is 3.90. The minimum absolute atomic E-state index is 0. The summed E-state index contributed by atoms with van der Waals surface area (Å²) < 4.78 is 0. The second-order valence-corrected chi connectivity index (χ2v) is 2.78. The number of hydrogen-bond donors (Lipinski definition) is 1. The molecule has 0 saturated carbocycles. The number of nitrogens with zero attached hydrogens (tertiary/aromatic N) is 2. The van der Waals surface area contributed by atoms with E-state index in [9.17, 15) is 4.79 Å². The molecule has 0 bridgehead atoms. The van der Waals surface area contributed by atoms with Gasteiger partial charge in [0.1, 0.15) is 0 Å². The van der Waals surface area contributed by atoms with Crippen molar-refractivity contribution in [3.05, 3.63) is 35.4 Å². The fourth-order valence-corrected chi connectivity index (χ4v) is 1.26. The lowest BCUT2D eigenvalue weighted by molar-refractivity contribution is 0.144. The molecule has 0 radical (unpaired) electrons. The van der Waals surface area contributed by atoms with E-state index in [0.29, 0.717) is 6.54 Å². The van der Waals surface area contributed by atoms with Crippen LogP contribution in [0.4, 0.5) is 4.79 Å². The molecular weight excluding hydrogens is 204 g/mol. The van der Waals surface area contributed by atoms with Crippen molar-refractivity contribution in [2.75, 3.05) is 0 Å². The molecule has 0 atom stereocenters. The zero-order valence-electron chi connectivity index (χ0n) is 7.25. The third kappa shape index (κ3) is 1.85. The van der Waals surface area contributed by atoms with Gasteiger partial charge in [0, 0.05) is 0 Å². The molecule has 14 heavy (non-hydrogen) atoms. The summed E-state index contributed by atoms with van der Waals surface area (Å²) in [6, 6.07) is 7.60. The highest BCUT2D eigenvalue weighted by Gasteiger charge is 2.15. The molecule has 1 aromatic carbocycles. The topological polar surface area (TPSA) is 52.9 Å². The first kappa shape index (κ1) is 10.5. The highest BCUT2D eigenvalue weighted by atomic mass is 35.5. The maximum Gasteiger partial charge on any atom is 0.428 e. The van der Waals surface area contributed by atoms with Crippen LogP contribution in [0.15, 0.2) is 29.4 Å². The molecule has 5 heteroatoms. The Morgan fingerprint density at radius 3 is 2.86 bits per heavy atom. The van der Waals surface area contributed by atoms with Crippen molar-refractivity contribution in [2.24, 2.45) is 5.10 Å². The summed E-state index contributed by atoms with van der Waals surface area (Å²) in [7, 11) is 0. The number of hydrazone groups is 1. The van der Waals surface area contributed by atoms with Crippen molar-refractivity contribution in [2.45, 2.75) is 6.54 Å². The Hall–Kier alpha value is -1.55. The molecule has 1 aromatic rings. The third-order valence-electron chi connectivity index (χ3n) is 1.93. The fourth-order valence-electron chi connectivity index (χ4n) is 1.26. The van der Waals surface area contributed by atoms with Crippen molar-refractivity contribution < 1.29 is 9.90 Å². The van der Waals surface area contributed by atoms with Gasteiger partial charge in [0.05, 0.1) is 12.8 Å². The molecule has 0 aromatic heterocycles. The van der Waals surface area contributed by atoms with Crippen LogP contribution in [-0.2, 0) is 6.54 Å². The van der Waals surface area contributed by atoms with E-state index in [0.717, 1.165) is 16.1 Å². The van der Waals surface area contributed by atoms with E-state index in [2.05, 4.69) is 5.10 Å². The van der Waals surface area contributed by atoms with Crippen molar-refractivity contribution in [1.82, 2.24) is 5.01 Å². The van der Waals surface area contributed by atoms with Crippen LogP contribution in [0.2, 0.25) is 0 Å². The predicted octanol–water partition coefficient (Wildman–Crippen LogP) is 1.94. The summed E-state index contributed by atoms with van der Waals surface area (Å²) in [5.74, 6) is 0. The largest absolute Gasteiger partial charge is 0.464 e. The van der Waals surface area contributed by atoms with Gasteiger partial charge in [-0.25, -0.2) is 4.79 Å². The van der Waals surface area contributed by atoms with Crippen molar-refractivity contribution in [3.8, 4) is 0 Å². The molecule has 1 amide bonds. The van der Waals surface area contributed by atoms with Gasteiger partial charge < -0.3 is 5.11 Å². The lowest BCUT2D eigenvalue weighted by Crippen LogP contribution is -2.26. The molecule has 1 aliphatic heterocycles. The fraction of sp³-hybridized carbons (Fsp3) is 0.111. The van der Waals surface area contributed by atoms with E-state index < -0.39 is 6.09 Å². The van der Waals surface area contributed by atoms with Crippen molar-refractivity contribution >= 4 is 24.7 Å². The monoisotopic (exact) mass is 212 g/mol. The van der Waals surface area contributed by atoms with Gasteiger partial charge in [0.2, 0.25) is 0 Å². The smallest absolute Gasteiger partial charge is 0.428 e. The number of carboxylic acid groups (broad SMARTS) is 1. The number of benzene rings is 1. The first-order valence-electron chi connectivity index (χ1n) is 3.90. The minimum atomic E-state index is -1.02. The van der Waals surface area contributed by atoms with Crippen LogP contribution in [0, 0.1) is 0 Å². The van der Waals surface area contributed by atoms with Crippen LogP contribution in [0.5, 0.6) is 0 Å². The highest BCUT2D eigenvalue weighted by molar-refractivity contribution is 5.85. The predicted molar refractivity (Wildman–Crippen MR) is 54.9 cm³/mol. The van der Waals surface area contributed by atoms with Crippen LogP contribution < -0.4 is 0 Å². The van der Waals surface area contributed by atoms with Gasteiger partial charge in [0.25, 0.3) is 0 Å². The number of rotatable bonds is 0. The first-order chi connectivity index (χ1) is 6.27. The Balaban J connectivity index is 0.000000980. The zero-order valence-corrected chi connectivity index (χ0v) is 8.07. The van der Waals surface area contributed by atoms with Gasteiger partial charge in [-0.05, 0) is 11.1 Å². The maximum absolute atomic E-state index is 10.6. The molecule has 1 aliphatic rings. The molecule has 0 saturated heterocycles.